The molecule has 2 rings (SSSR count). The number of carboxylic acids is 1. The number of carbonyl (C=O) groups excluding carboxylic acids is 1. The van der Waals surface area contributed by atoms with Crippen LogP contribution in [0.2, 0.25) is 0 Å². The van der Waals surface area contributed by atoms with Gasteiger partial charge in [-0.25, -0.2) is 4.79 Å². The maximum atomic E-state index is 12.3. The number of hydrogen-bond donors (Lipinski definition) is 2. The second-order valence-electron chi connectivity index (χ2n) is 4.37. The van der Waals surface area contributed by atoms with Crippen molar-refractivity contribution in [1.82, 2.24) is 0 Å². The number of carbonyl (C=O) groups is 2. The third-order valence-electron chi connectivity index (χ3n) is 2.77. The van der Waals surface area contributed by atoms with Gasteiger partial charge in [0.25, 0.3) is 5.91 Å². The van der Waals surface area contributed by atoms with Gasteiger partial charge in [-0.15, -0.1) is 11.3 Å². The highest BCUT2D eigenvalue weighted by Crippen LogP contribution is 2.29. The van der Waals surface area contributed by atoms with Crippen LogP contribution in [0.15, 0.2) is 28.1 Å². The molecule has 0 unspecified atom stereocenters. The lowest BCUT2D eigenvalue weighted by Crippen LogP contribution is -2.15. The highest BCUT2D eigenvalue weighted by molar-refractivity contribution is 9.10. The predicted molar refractivity (Wildman–Crippen MR) is 82.8 cm³/mol. The highest BCUT2D eigenvalue weighted by Gasteiger charge is 2.19. The molecule has 0 bridgehead atoms. The molecular weight excluding hydrogens is 342 g/mol. The molecule has 2 aromatic rings. The average molecular weight is 354 g/mol. The summed E-state index contributed by atoms with van der Waals surface area (Å²) in [6.45, 7) is 3.66. The van der Waals surface area contributed by atoms with Crippen molar-refractivity contribution in [3.63, 3.8) is 0 Å². The Bertz CT molecular complexity index is 694. The zero-order valence-electron chi connectivity index (χ0n) is 10.9. The molecule has 104 valence electrons. The number of thiophene rings is 1. The monoisotopic (exact) mass is 353 g/mol. The van der Waals surface area contributed by atoms with E-state index in [1.54, 1.807) is 24.4 Å². The van der Waals surface area contributed by atoms with Crippen LogP contribution < -0.4 is 5.32 Å². The summed E-state index contributed by atoms with van der Waals surface area (Å²) in [4.78, 5) is 23.5. The number of halogens is 1. The fourth-order valence-corrected chi connectivity index (χ4v) is 3.02. The van der Waals surface area contributed by atoms with Crippen molar-refractivity contribution < 1.29 is 14.7 Å². The summed E-state index contributed by atoms with van der Waals surface area (Å²) in [5, 5.41) is 13.5. The van der Waals surface area contributed by atoms with E-state index in [-0.39, 0.29) is 10.8 Å². The molecule has 0 spiro atoms. The van der Waals surface area contributed by atoms with E-state index in [1.165, 1.54) is 0 Å². The summed E-state index contributed by atoms with van der Waals surface area (Å²) in [5.74, 6) is -1.37. The van der Waals surface area contributed by atoms with Crippen molar-refractivity contribution in [2.75, 3.05) is 5.32 Å². The Balaban J connectivity index is 2.35. The molecule has 0 aliphatic rings. The molecule has 4 nitrogen and oxygen atoms in total. The van der Waals surface area contributed by atoms with E-state index in [0.717, 1.165) is 22.5 Å². The minimum Gasteiger partial charge on any atom is -0.477 e. The first-order chi connectivity index (χ1) is 9.40. The largest absolute Gasteiger partial charge is 0.477 e. The summed E-state index contributed by atoms with van der Waals surface area (Å²) < 4.78 is 0.672. The lowest BCUT2D eigenvalue weighted by atomic mass is 10.1. The Morgan fingerprint density at radius 3 is 2.65 bits per heavy atom. The summed E-state index contributed by atoms with van der Waals surface area (Å²) in [5.41, 5.74) is 2.54. The summed E-state index contributed by atoms with van der Waals surface area (Å²) >= 11 is 4.43. The molecule has 20 heavy (non-hydrogen) atoms. The van der Waals surface area contributed by atoms with E-state index in [4.69, 9.17) is 5.11 Å². The number of nitrogens with one attached hydrogen (secondary N) is 1. The van der Waals surface area contributed by atoms with E-state index in [9.17, 15) is 9.59 Å². The second-order valence-corrected chi connectivity index (χ2v) is 6.10. The Morgan fingerprint density at radius 2 is 2.00 bits per heavy atom. The number of aromatic carboxylic acids is 1. The van der Waals surface area contributed by atoms with Gasteiger partial charge in [0.15, 0.2) is 0 Å². The van der Waals surface area contributed by atoms with Crippen molar-refractivity contribution in [2.24, 2.45) is 0 Å². The molecule has 0 fully saturated rings. The number of hydrogen-bond acceptors (Lipinski definition) is 3. The van der Waals surface area contributed by atoms with Gasteiger partial charge in [0, 0.05) is 4.47 Å². The summed E-state index contributed by atoms with van der Waals surface area (Å²) in [7, 11) is 0. The first-order valence-electron chi connectivity index (χ1n) is 5.79. The van der Waals surface area contributed by atoms with Gasteiger partial charge in [-0.3, -0.25) is 4.79 Å². The maximum Gasteiger partial charge on any atom is 0.348 e. The Kier molecular flexibility index (Phi) is 4.25. The zero-order chi connectivity index (χ0) is 14.9. The number of anilines is 1. The zero-order valence-corrected chi connectivity index (χ0v) is 13.3. The molecule has 0 aliphatic carbocycles. The molecule has 0 aliphatic heterocycles. The van der Waals surface area contributed by atoms with Gasteiger partial charge < -0.3 is 10.4 Å². The van der Waals surface area contributed by atoms with E-state index >= 15 is 0 Å². The number of benzene rings is 1. The maximum absolute atomic E-state index is 12.3. The molecular formula is C14H12BrNO3S. The van der Waals surface area contributed by atoms with Crippen molar-refractivity contribution in [3.05, 3.63) is 49.6 Å². The van der Waals surface area contributed by atoms with Gasteiger partial charge in [0.1, 0.15) is 4.88 Å². The molecule has 1 aromatic carbocycles. The van der Waals surface area contributed by atoms with Crippen LogP contribution >= 0.6 is 27.3 Å². The van der Waals surface area contributed by atoms with Crippen LogP contribution in [-0.4, -0.2) is 17.0 Å². The summed E-state index contributed by atoms with van der Waals surface area (Å²) in [6, 6.07) is 5.43. The molecule has 1 heterocycles. The minimum absolute atomic E-state index is 0.139. The third-order valence-corrected chi connectivity index (χ3v) is 4.55. The number of rotatable bonds is 3. The minimum atomic E-state index is -1.04. The molecule has 0 saturated heterocycles. The fraction of sp³-hybridized carbons (Fsp3) is 0.143. The first-order valence-corrected chi connectivity index (χ1v) is 7.46. The van der Waals surface area contributed by atoms with Gasteiger partial charge in [0.05, 0.1) is 11.3 Å². The van der Waals surface area contributed by atoms with Gasteiger partial charge in [-0.2, -0.15) is 0 Å². The predicted octanol–water partition coefficient (Wildman–Crippen LogP) is 4.08. The molecule has 1 amide bonds. The average Bonchev–Trinajstić information content (AvgIpc) is 2.74. The van der Waals surface area contributed by atoms with Crippen molar-refractivity contribution in [3.8, 4) is 0 Å². The molecule has 1 aromatic heterocycles. The van der Waals surface area contributed by atoms with Crippen LogP contribution in [0.4, 0.5) is 5.69 Å². The summed E-state index contributed by atoms with van der Waals surface area (Å²) in [6.07, 6.45) is 0. The van der Waals surface area contributed by atoms with Crippen LogP contribution in [-0.2, 0) is 0 Å². The molecule has 0 radical (unpaired) electrons. The van der Waals surface area contributed by atoms with Crippen molar-refractivity contribution in [2.45, 2.75) is 13.8 Å². The molecule has 6 heteroatoms. The van der Waals surface area contributed by atoms with E-state index in [0.29, 0.717) is 15.7 Å². The Labute approximate surface area is 128 Å². The van der Waals surface area contributed by atoms with Crippen LogP contribution in [0, 0.1) is 13.8 Å². The molecule has 0 saturated carbocycles. The topological polar surface area (TPSA) is 66.4 Å². The third kappa shape index (κ3) is 2.91. The van der Waals surface area contributed by atoms with E-state index < -0.39 is 5.97 Å². The van der Waals surface area contributed by atoms with Crippen LogP contribution in [0.25, 0.3) is 0 Å². The smallest absolute Gasteiger partial charge is 0.348 e. The number of amides is 1. The molecule has 2 N–H and O–H groups in total. The number of aryl methyl sites for hydroxylation is 2. The molecule has 0 atom stereocenters. The van der Waals surface area contributed by atoms with Gasteiger partial charge in [-0.05, 0) is 52.9 Å². The lowest BCUT2D eigenvalue weighted by Gasteiger charge is -2.08. The van der Waals surface area contributed by atoms with Crippen molar-refractivity contribution >= 4 is 44.8 Å². The Morgan fingerprint density at radius 1 is 1.30 bits per heavy atom. The number of carboxylic acid groups (broad SMARTS) is 1. The Hall–Kier alpha value is -1.66. The van der Waals surface area contributed by atoms with Gasteiger partial charge in [0.2, 0.25) is 0 Å². The quantitative estimate of drug-likeness (QED) is 0.873. The van der Waals surface area contributed by atoms with Gasteiger partial charge in [-0.1, -0.05) is 11.6 Å². The first kappa shape index (κ1) is 14.7. The van der Waals surface area contributed by atoms with Crippen LogP contribution in [0.5, 0.6) is 0 Å². The highest BCUT2D eigenvalue weighted by atomic mass is 79.9. The van der Waals surface area contributed by atoms with Crippen LogP contribution in [0.3, 0.4) is 0 Å². The second kappa shape index (κ2) is 5.76. The lowest BCUT2D eigenvalue weighted by molar-refractivity contribution is 0.0703. The normalized spacial score (nSPS) is 10.3. The van der Waals surface area contributed by atoms with E-state index in [2.05, 4.69) is 21.2 Å². The van der Waals surface area contributed by atoms with Crippen molar-refractivity contribution in [1.29, 1.82) is 0 Å². The van der Waals surface area contributed by atoms with Crippen LogP contribution in [0.1, 0.15) is 31.2 Å². The SMILES string of the molecule is Cc1ccc(Br)c(C(=O)Nc2c(C)csc2C(=O)O)c1. The van der Waals surface area contributed by atoms with E-state index in [1.807, 2.05) is 13.0 Å². The standard InChI is InChI=1S/C14H12BrNO3S/c1-7-3-4-10(15)9(5-7)13(17)16-11-8(2)6-20-12(11)14(18)19/h3-6H,1-2H3,(H,16,17)(H,18,19). The fourth-order valence-electron chi connectivity index (χ4n) is 1.75. The van der Waals surface area contributed by atoms with Gasteiger partial charge >= 0.3 is 5.97 Å².